The summed E-state index contributed by atoms with van der Waals surface area (Å²) in [5.41, 5.74) is 0. The number of benzene rings is 1. The molecule has 2 N–H and O–H groups in total. The molecule has 6 nitrogen and oxygen atoms in total. The van der Waals surface area contributed by atoms with Gasteiger partial charge in [0.15, 0.2) is 5.96 Å². The van der Waals surface area contributed by atoms with Gasteiger partial charge >= 0.3 is 0 Å². The maximum absolute atomic E-state index is 6.26. The zero-order valence-corrected chi connectivity index (χ0v) is 19.2. The van der Waals surface area contributed by atoms with E-state index in [0.29, 0.717) is 17.6 Å². The molecule has 0 spiro atoms. The second-order valence-corrected chi connectivity index (χ2v) is 6.99. The van der Waals surface area contributed by atoms with Gasteiger partial charge in [-0.25, -0.2) is 4.98 Å². The van der Waals surface area contributed by atoms with E-state index < -0.39 is 0 Å². The number of aromatic nitrogens is 1. The molecular formula is C20H27ClIN5O. The molecule has 152 valence electrons. The fraction of sp³-hybridized carbons (Fsp3) is 0.400. The first-order valence-corrected chi connectivity index (χ1v) is 9.58. The van der Waals surface area contributed by atoms with Crippen LogP contribution in [0.4, 0.5) is 5.82 Å². The van der Waals surface area contributed by atoms with Gasteiger partial charge in [-0.05, 0) is 37.6 Å². The number of aliphatic imine (C=N–C) groups is 1. The van der Waals surface area contributed by atoms with Crippen LogP contribution in [0.2, 0.25) is 5.02 Å². The molecular weight excluding hydrogens is 489 g/mol. The summed E-state index contributed by atoms with van der Waals surface area (Å²) >= 11 is 6.26. The highest BCUT2D eigenvalue weighted by molar-refractivity contribution is 14.0. The van der Waals surface area contributed by atoms with Crippen LogP contribution in [0.5, 0.6) is 5.75 Å². The number of rotatable bonds is 6. The van der Waals surface area contributed by atoms with Gasteiger partial charge in [0.05, 0.1) is 11.6 Å². The third kappa shape index (κ3) is 6.41. The van der Waals surface area contributed by atoms with Crippen LogP contribution in [-0.4, -0.2) is 49.8 Å². The minimum absolute atomic E-state index is 0. The largest absolute Gasteiger partial charge is 0.489 e. The number of nitrogens with zero attached hydrogens (tertiary/aromatic N) is 3. The lowest BCUT2D eigenvalue weighted by Gasteiger charge is -2.21. The topological polar surface area (TPSA) is 61.8 Å². The second kappa shape index (κ2) is 11.3. The van der Waals surface area contributed by atoms with Crippen LogP contribution in [0.15, 0.2) is 53.7 Å². The van der Waals surface area contributed by atoms with Crippen LogP contribution in [0, 0.1) is 0 Å². The number of ether oxygens (including phenoxy) is 1. The van der Waals surface area contributed by atoms with Crippen LogP contribution in [0.25, 0.3) is 0 Å². The SMILES string of the molecule is CN=C(NCC(C)Oc1ccccc1)NC1CCN(c2ncccc2Cl)C1.I. The van der Waals surface area contributed by atoms with Crippen LogP contribution in [0.3, 0.4) is 0 Å². The summed E-state index contributed by atoms with van der Waals surface area (Å²) in [5, 5.41) is 7.50. The van der Waals surface area contributed by atoms with Crippen molar-refractivity contribution in [2.45, 2.75) is 25.5 Å². The van der Waals surface area contributed by atoms with Crippen molar-refractivity contribution < 1.29 is 4.74 Å². The minimum Gasteiger partial charge on any atom is -0.489 e. The zero-order valence-electron chi connectivity index (χ0n) is 16.1. The molecule has 3 rings (SSSR count). The maximum Gasteiger partial charge on any atom is 0.191 e. The Morgan fingerprint density at radius 2 is 2.11 bits per heavy atom. The van der Waals surface area contributed by atoms with E-state index >= 15 is 0 Å². The molecule has 1 aromatic heterocycles. The van der Waals surface area contributed by atoms with Crippen LogP contribution >= 0.6 is 35.6 Å². The smallest absolute Gasteiger partial charge is 0.191 e. The van der Waals surface area contributed by atoms with Gasteiger partial charge < -0.3 is 20.3 Å². The number of anilines is 1. The van der Waals surface area contributed by atoms with E-state index in [-0.39, 0.29) is 30.1 Å². The Morgan fingerprint density at radius 1 is 1.32 bits per heavy atom. The number of hydrogen-bond donors (Lipinski definition) is 2. The summed E-state index contributed by atoms with van der Waals surface area (Å²) in [5.74, 6) is 2.49. The Hall–Kier alpha value is -1.74. The average molecular weight is 516 g/mol. The molecule has 0 bridgehead atoms. The van der Waals surface area contributed by atoms with E-state index in [1.165, 1.54) is 0 Å². The summed E-state index contributed by atoms with van der Waals surface area (Å²) < 4.78 is 5.89. The summed E-state index contributed by atoms with van der Waals surface area (Å²) in [4.78, 5) is 10.9. The van der Waals surface area contributed by atoms with Crippen molar-refractivity contribution in [1.29, 1.82) is 0 Å². The Bertz CT molecular complexity index is 761. The number of hydrogen-bond acceptors (Lipinski definition) is 4. The van der Waals surface area contributed by atoms with Crippen molar-refractivity contribution in [3.8, 4) is 5.75 Å². The molecule has 8 heteroatoms. The molecule has 1 aliphatic rings. The fourth-order valence-electron chi connectivity index (χ4n) is 3.08. The standard InChI is InChI=1S/C20H26ClN5O.HI/c1-15(27-17-7-4-3-5-8-17)13-24-20(22-2)25-16-10-12-26(14-16)19-18(21)9-6-11-23-19;/h3-9,11,15-16H,10,12-14H2,1-2H3,(H2,22,24,25);1H. The highest BCUT2D eigenvalue weighted by atomic mass is 127. The lowest BCUT2D eigenvalue weighted by atomic mass is 10.3. The molecule has 28 heavy (non-hydrogen) atoms. The first-order valence-electron chi connectivity index (χ1n) is 9.20. The predicted molar refractivity (Wildman–Crippen MR) is 126 cm³/mol. The van der Waals surface area contributed by atoms with Crippen molar-refractivity contribution >= 4 is 47.4 Å². The summed E-state index contributed by atoms with van der Waals surface area (Å²) in [6.07, 6.45) is 2.80. The van der Waals surface area contributed by atoms with E-state index in [1.807, 2.05) is 49.4 Å². The van der Waals surface area contributed by atoms with Crippen LogP contribution in [0.1, 0.15) is 13.3 Å². The molecule has 2 atom stereocenters. The molecule has 2 unspecified atom stereocenters. The monoisotopic (exact) mass is 515 g/mol. The lowest BCUT2D eigenvalue weighted by Crippen LogP contribution is -2.47. The van der Waals surface area contributed by atoms with E-state index in [4.69, 9.17) is 16.3 Å². The Labute approximate surface area is 188 Å². The van der Waals surface area contributed by atoms with E-state index in [1.54, 1.807) is 13.2 Å². The number of para-hydroxylation sites is 1. The first-order chi connectivity index (χ1) is 13.2. The van der Waals surface area contributed by atoms with Gasteiger partial charge in [0, 0.05) is 32.4 Å². The Balaban J connectivity index is 0.00000280. The fourth-order valence-corrected chi connectivity index (χ4v) is 3.32. The number of guanidine groups is 1. The van der Waals surface area contributed by atoms with Crippen molar-refractivity contribution in [3.63, 3.8) is 0 Å². The molecule has 0 amide bonds. The third-order valence-corrected chi connectivity index (χ3v) is 4.72. The highest BCUT2D eigenvalue weighted by Crippen LogP contribution is 2.25. The Kier molecular flexibility index (Phi) is 9.11. The molecule has 1 aromatic carbocycles. The third-order valence-electron chi connectivity index (χ3n) is 4.43. The number of nitrogens with one attached hydrogen (secondary N) is 2. The zero-order chi connectivity index (χ0) is 19.1. The van der Waals surface area contributed by atoms with Gasteiger partial charge in [-0.1, -0.05) is 29.8 Å². The van der Waals surface area contributed by atoms with Gasteiger partial charge in [-0.15, -0.1) is 24.0 Å². The lowest BCUT2D eigenvalue weighted by molar-refractivity contribution is 0.223. The predicted octanol–water partition coefficient (Wildman–Crippen LogP) is 3.56. The molecule has 2 aromatic rings. The highest BCUT2D eigenvalue weighted by Gasteiger charge is 2.25. The maximum atomic E-state index is 6.26. The quantitative estimate of drug-likeness (QED) is 0.350. The summed E-state index contributed by atoms with van der Waals surface area (Å²) in [6.45, 7) is 4.46. The van der Waals surface area contributed by atoms with Crippen molar-refractivity contribution in [2.75, 3.05) is 31.6 Å². The second-order valence-electron chi connectivity index (χ2n) is 6.58. The van der Waals surface area contributed by atoms with Crippen molar-refractivity contribution in [2.24, 2.45) is 4.99 Å². The molecule has 1 saturated heterocycles. The van der Waals surface area contributed by atoms with Gasteiger partial charge in [-0.3, -0.25) is 4.99 Å². The average Bonchev–Trinajstić information content (AvgIpc) is 3.14. The number of halogens is 2. The molecule has 1 fully saturated rings. The summed E-state index contributed by atoms with van der Waals surface area (Å²) in [6, 6.07) is 13.8. The van der Waals surface area contributed by atoms with E-state index in [2.05, 4.69) is 25.5 Å². The Morgan fingerprint density at radius 3 is 2.82 bits per heavy atom. The van der Waals surface area contributed by atoms with E-state index in [0.717, 1.165) is 37.0 Å². The van der Waals surface area contributed by atoms with Gasteiger partial charge in [0.25, 0.3) is 0 Å². The molecule has 2 heterocycles. The first kappa shape index (κ1) is 22.5. The van der Waals surface area contributed by atoms with Gasteiger partial charge in [0.1, 0.15) is 17.7 Å². The normalized spacial score (nSPS) is 17.6. The molecule has 1 aliphatic heterocycles. The van der Waals surface area contributed by atoms with Crippen molar-refractivity contribution in [3.05, 3.63) is 53.7 Å². The van der Waals surface area contributed by atoms with Gasteiger partial charge in [-0.2, -0.15) is 0 Å². The summed E-state index contributed by atoms with van der Waals surface area (Å²) in [7, 11) is 1.78. The minimum atomic E-state index is 0. The molecule has 0 radical (unpaired) electrons. The van der Waals surface area contributed by atoms with E-state index in [9.17, 15) is 0 Å². The van der Waals surface area contributed by atoms with Crippen LogP contribution < -0.4 is 20.3 Å². The molecule has 0 saturated carbocycles. The van der Waals surface area contributed by atoms with Gasteiger partial charge in [0.2, 0.25) is 0 Å². The van der Waals surface area contributed by atoms with Crippen LogP contribution in [-0.2, 0) is 0 Å². The number of pyridine rings is 1. The van der Waals surface area contributed by atoms with Crippen molar-refractivity contribution in [1.82, 2.24) is 15.6 Å². The molecule has 0 aliphatic carbocycles.